The summed E-state index contributed by atoms with van der Waals surface area (Å²) in [6.45, 7) is 6.33. The van der Waals surface area contributed by atoms with Crippen molar-refractivity contribution < 1.29 is 9.13 Å². The average molecular weight is 337 g/mol. The second kappa shape index (κ2) is 8.75. The Morgan fingerprint density at radius 3 is 2.48 bits per heavy atom. The molecule has 23 heavy (non-hydrogen) atoms. The van der Waals surface area contributed by atoms with Crippen LogP contribution in [0.2, 0.25) is 5.02 Å². The van der Waals surface area contributed by atoms with Gasteiger partial charge in [0.05, 0.1) is 11.1 Å². The van der Waals surface area contributed by atoms with E-state index in [0.29, 0.717) is 0 Å². The van der Waals surface area contributed by atoms with Crippen molar-refractivity contribution in [3.8, 4) is 5.75 Å². The first-order chi connectivity index (χ1) is 11.0. The molecule has 0 saturated carbocycles. The van der Waals surface area contributed by atoms with Crippen LogP contribution in [0.4, 0.5) is 10.1 Å². The molecule has 124 valence electrons. The molecule has 0 aliphatic carbocycles. The molecule has 2 rings (SSSR count). The number of rotatable bonds is 8. The van der Waals surface area contributed by atoms with Crippen LogP contribution in [0.25, 0.3) is 0 Å². The summed E-state index contributed by atoms with van der Waals surface area (Å²) in [6.07, 6.45) is 0.185. The molecule has 0 spiro atoms. The van der Waals surface area contributed by atoms with E-state index in [4.69, 9.17) is 16.3 Å². The van der Waals surface area contributed by atoms with E-state index in [1.807, 2.05) is 26.0 Å². The van der Waals surface area contributed by atoms with Gasteiger partial charge in [-0.05, 0) is 49.7 Å². The summed E-state index contributed by atoms with van der Waals surface area (Å²) >= 11 is 5.74. The Hall–Kier alpha value is -1.78. The van der Waals surface area contributed by atoms with E-state index in [9.17, 15) is 4.39 Å². The predicted octanol–water partition coefficient (Wildman–Crippen LogP) is 4.47. The van der Waals surface area contributed by atoms with Crippen molar-refractivity contribution in [1.29, 1.82) is 0 Å². The number of halogens is 2. The molecular formula is C18H22ClFN2O. The minimum Gasteiger partial charge on any atom is -0.491 e. The summed E-state index contributed by atoms with van der Waals surface area (Å²) in [5, 5.41) is 6.68. The van der Waals surface area contributed by atoms with Gasteiger partial charge in [0.25, 0.3) is 0 Å². The molecule has 0 amide bonds. The lowest BCUT2D eigenvalue weighted by Gasteiger charge is -2.11. The Kier molecular flexibility index (Phi) is 6.68. The van der Waals surface area contributed by atoms with Gasteiger partial charge in [-0.2, -0.15) is 0 Å². The second-order valence-corrected chi connectivity index (χ2v) is 5.95. The largest absolute Gasteiger partial charge is 0.491 e. The molecule has 0 bridgehead atoms. The lowest BCUT2D eigenvalue weighted by molar-refractivity contribution is 0.242. The van der Waals surface area contributed by atoms with E-state index in [0.717, 1.165) is 31.1 Å². The first kappa shape index (κ1) is 17.6. The summed E-state index contributed by atoms with van der Waals surface area (Å²) in [7, 11) is 0. The third kappa shape index (κ3) is 6.08. The molecule has 0 unspecified atom stereocenters. The summed E-state index contributed by atoms with van der Waals surface area (Å²) in [5.74, 6) is 0.485. The maximum atomic E-state index is 13.0. The second-order valence-electron chi connectivity index (χ2n) is 5.54. The third-order valence-corrected chi connectivity index (χ3v) is 3.46. The van der Waals surface area contributed by atoms with E-state index in [2.05, 4.69) is 22.8 Å². The first-order valence-electron chi connectivity index (χ1n) is 7.70. The lowest BCUT2D eigenvalue weighted by Crippen LogP contribution is -2.21. The van der Waals surface area contributed by atoms with Gasteiger partial charge in [0.1, 0.15) is 11.6 Å². The van der Waals surface area contributed by atoms with Gasteiger partial charge in [-0.3, -0.25) is 0 Å². The standard InChI is InChI=1S/C18H22ClFN2O/c1-13(2)23-16-6-3-14(4-7-16)12-21-9-10-22-15-5-8-18(20)17(19)11-15/h3-8,11,13,21-22H,9-10,12H2,1-2H3. The monoisotopic (exact) mass is 336 g/mol. The summed E-state index contributed by atoms with van der Waals surface area (Å²) in [6, 6.07) is 12.7. The first-order valence-corrected chi connectivity index (χ1v) is 8.07. The Labute approximate surface area is 141 Å². The maximum Gasteiger partial charge on any atom is 0.141 e. The highest BCUT2D eigenvalue weighted by Gasteiger charge is 2.00. The molecule has 3 nitrogen and oxygen atoms in total. The van der Waals surface area contributed by atoms with Crippen LogP contribution in [0, 0.1) is 5.82 Å². The molecule has 0 aliphatic heterocycles. The van der Waals surface area contributed by atoms with E-state index in [-0.39, 0.29) is 11.1 Å². The fourth-order valence-corrected chi connectivity index (χ4v) is 2.27. The van der Waals surface area contributed by atoms with Crippen molar-refractivity contribution >= 4 is 17.3 Å². The molecule has 2 N–H and O–H groups in total. The van der Waals surface area contributed by atoms with Gasteiger partial charge in [0, 0.05) is 25.3 Å². The van der Waals surface area contributed by atoms with Gasteiger partial charge in [-0.25, -0.2) is 4.39 Å². The molecule has 0 aliphatic rings. The van der Waals surface area contributed by atoms with Crippen LogP contribution in [0.1, 0.15) is 19.4 Å². The molecule has 0 radical (unpaired) electrons. The maximum absolute atomic E-state index is 13.0. The smallest absolute Gasteiger partial charge is 0.141 e. The topological polar surface area (TPSA) is 33.3 Å². The van der Waals surface area contributed by atoms with Crippen LogP contribution < -0.4 is 15.4 Å². The van der Waals surface area contributed by atoms with Crippen molar-refractivity contribution in [3.63, 3.8) is 0 Å². The van der Waals surface area contributed by atoms with Crippen molar-refractivity contribution in [2.24, 2.45) is 0 Å². The number of hydrogen-bond donors (Lipinski definition) is 2. The number of ether oxygens (including phenoxy) is 1. The van der Waals surface area contributed by atoms with Crippen molar-refractivity contribution in [3.05, 3.63) is 58.9 Å². The van der Waals surface area contributed by atoms with Gasteiger partial charge >= 0.3 is 0 Å². The van der Waals surface area contributed by atoms with Crippen LogP contribution in [0.3, 0.4) is 0 Å². The van der Waals surface area contributed by atoms with Crippen molar-refractivity contribution in [2.45, 2.75) is 26.5 Å². The highest BCUT2D eigenvalue weighted by atomic mass is 35.5. The van der Waals surface area contributed by atoms with Crippen LogP contribution >= 0.6 is 11.6 Å². The van der Waals surface area contributed by atoms with Gasteiger partial charge in [0.2, 0.25) is 0 Å². The van der Waals surface area contributed by atoms with Crippen LogP contribution in [0.5, 0.6) is 5.75 Å². The van der Waals surface area contributed by atoms with E-state index in [1.54, 1.807) is 12.1 Å². The molecule has 2 aromatic carbocycles. The number of anilines is 1. The highest BCUT2D eigenvalue weighted by molar-refractivity contribution is 6.31. The van der Waals surface area contributed by atoms with Crippen molar-refractivity contribution in [1.82, 2.24) is 5.32 Å². The Bertz CT molecular complexity index is 617. The Balaban J connectivity index is 1.68. The van der Waals surface area contributed by atoms with Gasteiger partial charge in [-0.1, -0.05) is 23.7 Å². The summed E-state index contributed by atoms with van der Waals surface area (Å²) < 4.78 is 18.7. The van der Waals surface area contributed by atoms with E-state index in [1.165, 1.54) is 11.6 Å². The SMILES string of the molecule is CC(C)Oc1ccc(CNCCNc2ccc(F)c(Cl)c2)cc1. The summed E-state index contributed by atoms with van der Waals surface area (Å²) in [4.78, 5) is 0. The molecule has 2 aromatic rings. The minimum atomic E-state index is -0.403. The average Bonchev–Trinajstić information content (AvgIpc) is 2.51. The highest BCUT2D eigenvalue weighted by Crippen LogP contribution is 2.19. The van der Waals surface area contributed by atoms with E-state index < -0.39 is 5.82 Å². The predicted molar refractivity (Wildman–Crippen MR) is 93.8 cm³/mol. The molecule has 0 fully saturated rings. The zero-order valence-corrected chi connectivity index (χ0v) is 14.2. The van der Waals surface area contributed by atoms with Crippen LogP contribution in [0.15, 0.2) is 42.5 Å². The zero-order valence-electron chi connectivity index (χ0n) is 13.4. The molecule has 0 atom stereocenters. The molecule has 0 saturated heterocycles. The van der Waals surface area contributed by atoms with Gasteiger partial charge in [-0.15, -0.1) is 0 Å². The number of nitrogens with one attached hydrogen (secondary N) is 2. The van der Waals surface area contributed by atoms with Gasteiger partial charge in [0.15, 0.2) is 0 Å². The minimum absolute atomic E-state index is 0.131. The zero-order chi connectivity index (χ0) is 16.7. The molecule has 5 heteroatoms. The van der Waals surface area contributed by atoms with Crippen LogP contribution in [-0.4, -0.2) is 19.2 Å². The quantitative estimate of drug-likeness (QED) is 0.698. The fraction of sp³-hybridized carbons (Fsp3) is 0.333. The van der Waals surface area contributed by atoms with Gasteiger partial charge < -0.3 is 15.4 Å². The van der Waals surface area contributed by atoms with Crippen molar-refractivity contribution in [2.75, 3.05) is 18.4 Å². The molecule has 0 heterocycles. The lowest BCUT2D eigenvalue weighted by atomic mass is 10.2. The normalized spacial score (nSPS) is 10.8. The van der Waals surface area contributed by atoms with E-state index >= 15 is 0 Å². The number of hydrogen-bond acceptors (Lipinski definition) is 3. The van der Waals surface area contributed by atoms with Crippen LogP contribution in [-0.2, 0) is 6.54 Å². The Morgan fingerprint density at radius 2 is 1.83 bits per heavy atom. The Morgan fingerprint density at radius 1 is 1.09 bits per heavy atom. The fourth-order valence-electron chi connectivity index (χ4n) is 2.09. The summed E-state index contributed by atoms with van der Waals surface area (Å²) in [5.41, 5.74) is 2.01. The molecular weight excluding hydrogens is 315 g/mol. The molecule has 0 aromatic heterocycles. The number of benzene rings is 2. The third-order valence-electron chi connectivity index (χ3n) is 3.17.